The Labute approximate surface area is 474 Å². The first-order chi connectivity index (χ1) is 37.5. The van der Waals surface area contributed by atoms with E-state index in [1.165, 1.54) is 257 Å². The summed E-state index contributed by atoms with van der Waals surface area (Å²) >= 11 is 0. The fraction of sp³-hybridized carbons (Fsp3) is 0.871. The minimum atomic E-state index is -0.772. The lowest BCUT2D eigenvalue weighted by Gasteiger charge is -2.18. The quantitative estimate of drug-likeness (QED) is 0.0261. The number of carbonyl (C=O) groups excluding carboxylic acids is 3. The molecule has 0 aromatic rings. The summed E-state index contributed by atoms with van der Waals surface area (Å²) in [5, 5.41) is 0. The number of hydrogen-bond donors (Lipinski definition) is 0. The van der Waals surface area contributed by atoms with E-state index in [2.05, 4.69) is 57.2 Å². The first-order valence-electron chi connectivity index (χ1n) is 34.0. The van der Waals surface area contributed by atoms with Crippen LogP contribution in [0.25, 0.3) is 0 Å². The lowest BCUT2D eigenvalue weighted by atomic mass is 10.0. The summed E-state index contributed by atoms with van der Waals surface area (Å²) in [6, 6.07) is 0. The van der Waals surface area contributed by atoms with Gasteiger partial charge in [-0.2, -0.15) is 0 Å². The van der Waals surface area contributed by atoms with E-state index in [1.807, 2.05) is 0 Å². The Hall–Kier alpha value is -2.37. The summed E-state index contributed by atoms with van der Waals surface area (Å²) < 4.78 is 16.9. The zero-order chi connectivity index (χ0) is 55.0. The molecular weight excluding hydrogens is 937 g/mol. The van der Waals surface area contributed by atoms with E-state index in [0.29, 0.717) is 19.3 Å². The highest BCUT2D eigenvalue weighted by Gasteiger charge is 2.19. The largest absolute Gasteiger partial charge is 0.462 e. The molecule has 0 aliphatic heterocycles. The minimum absolute atomic E-state index is 0.0706. The topological polar surface area (TPSA) is 78.9 Å². The molecule has 0 aromatic carbocycles. The van der Waals surface area contributed by atoms with Crippen LogP contribution in [0.3, 0.4) is 0 Å². The number of rotatable bonds is 63. The predicted molar refractivity (Wildman–Crippen MR) is 330 cm³/mol. The highest BCUT2D eigenvalue weighted by atomic mass is 16.6. The van der Waals surface area contributed by atoms with Crippen molar-refractivity contribution in [2.75, 3.05) is 13.2 Å². The first kappa shape index (κ1) is 73.6. The number of esters is 3. The second-order valence-corrected chi connectivity index (χ2v) is 23.1. The third kappa shape index (κ3) is 62.5. The molecule has 1 unspecified atom stereocenters. The molecule has 6 heteroatoms. The second kappa shape index (κ2) is 65.2. The number of hydrogen-bond acceptors (Lipinski definition) is 6. The molecule has 0 heterocycles. The fourth-order valence-electron chi connectivity index (χ4n) is 10.3. The van der Waals surface area contributed by atoms with Gasteiger partial charge in [0, 0.05) is 19.3 Å². The van der Waals surface area contributed by atoms with Gasteiger partial charge < -0.3 is 14.2 Å². The molecule has 0 saturated heterocycles. The van der Waals surface area contributed by atoms with Crippen LogP contribution in [0.4, 0.5) is 0 Å². The highest BCUT2D eigenvalue weighted by Crippen LogP contribution is 2.18. The maximum atomic E-state index is 12.9. The Morgan fingerprint density at radius 2 is 0.474 bits per heavy atom. The van der Waals surface area contributed by atoms with Crippen LogP contribution in [0.15, 0.2) is 36.5 Å². The number of unbranched alkanes of at least 4 members (excludes halogenated alkanes) is 46. The SMILES string of the molecule is CCCCCCC/C=C\C/C=C\C/C=C\CCCCCCCCCCC(=O)OC(COC(=O)CCCCCCCCC)COC(=O)CCCCCCCCCCCCCCCCCCCCCCCCCCCCCC. The molecule has 0 fully saturated rings. The second-order valence-electron chi connectivity index (χ2n) is 23.1. The van der Waals surface area contributed by atoms with Crippen molar-refractivity contribution in [3.63, 3.8) is 0 Å². The van der Waals surface area contributed by atoms with Crippen LogP contribution in [0.5, 0.6) is 0 Å². The number of ether oxygens (including phenoxy) is 3. The molecular formula is C70H130O6. The molecule has 6 nitrogen and oxygen atoms in total. The number of allylic oxidation sites excluding steroid dienone is 6. The summed E-state index contributed by atoms with van der Waals surface area (Å²) in [6.07, 6.45) is 80.6. The summed E-state index contributed by atoms with van der Waals surface area (Å²) in [6.45, 7) is 6.64. The molecule has 446 valence electrons. The van der Waals surface area contributed by atoms with Crippen LogP contribution in [0, 0.1) is 0 Å². The molecule has 0 aromatic heterocycles. The summed E-state index contributed by atoms with van der Waals surface area (Å²) in [7, 11) is 0. The normalized spacial score (nSPS) is 12.2. The lowest BCUT2D eigenvalue weighted by Crippen LogP contribution is -2.30. The van der Waals surface area contributed by atoms with Crippen LogP contribution in [-0.4, -0.2) is 37.2 Å². The standard InChI is InChI=1S/C70H130O6/c1-4-7-10-13-16-18-20-22-24-26-28-30-32-33-34-35-36-38-39-41-43-45-47-49-51-54-57-60-63-69(72)75-66-67(65-74-68(71)62-59-56-53-15-12-9-6-3)76-70(73)64-61-58-55-52-50-48-46-44-42-40-37-31-29-27-25-23-21-19-17-14-11-8-5-2/h21,23,27,29,37,40,67H,4-20,22,24-26,28,30-36,38-39,41-66H2,1-3H3/b23-21-,29-27-,40-37-. The molecule has 0 bridgehead atoms. The van der Waals surface area contributed by atoms with Crippen molar-refractivity contribution in [2.45, 2.75) is 380 Å². The Kier molecular flexibility index (Phi) is 63.1. The molecule has 0 saturated carbocycles. The summed E-state index contributed by atoms with van der Waals surface area (Å²) in [4.78, 5) is 38.1. The lowest BCUT2D eigenvalue weighted by molar-refractivity contribution is -0.167. The Bertz CT molecular complexity index is 1270. The maximum absolute atomic E-state index is 12.9. The van der Waals surface area contributed by atoms with Gasteiger partial charge in [0.1, 0.15) is 13.2 Å². The van der Waals surface area contributed by atoms with E-state index in [9.17, 15) is 14.4 Å². The van der Waals surface area contributed by atoms with Gasteiger partial charge in [0.15, 0.2) is 6.10 Å². The van der Waals surface area contributed by atoms with Crippen molar-refractivity contribution in [3.8, 4) is 0 Å². The molecule has 0 spiro atoms. The van der Waals surface area contributed by atoms with Crippen LogP contribution in [0.1, 0.15) is 374 Å². The van der Waals surface area contributed by atoms with Crippen molar-refractivity contribution in [1.82, 2.24) is 0 Å². The van der Waals surface area contributed by atoms with E-state index in [0.717, 1.165) is 77.0 Å². The third-order valence-corrected chi connectivity index (χ3v) is 15.4. The van der Waals surface area contributed by atoms with Gasteiger partial charge in [0.25, 0.3) is 0 Å². The maximum Gasteiger partial charge on any atom is 0.306 e. The van der Waals surface area contributed by atoms with Crippen molar-refractivity contribution in [2.24, 2.45) is 0 Å². The van der Waals surface area contributed by atoms with Gasteiger partial charge in [-0.15, -0.1) is 0 Å². The molecule has 0 aliphatic rings. The van der Waals surface area contributed by atoms with Gasteiger partial charge in [0.2, 0.25) is 0 Å². The average Bonchev–Trinajstić information content (AvgIpc) is 3.42. The van der Waals surface area contributed by atoms with Gasteiger partial charge in [-0.25, -0.2) is 0 Å². The van der Waals surface area contributed by atoms with Crippen LogP contribution >= 0.6 is 0 Å². The molecule has 0 amide bonds. The van der Waals surface area contributed by atoms with Crippen molar-refractivity contribution < 1.29 is 28.6 Å². The Morgan fingerprint density at radius 1 is 0.263 bits per heavy atom. The zero-order valence-corrected chi connectivity index (χ0v) is 51.3. The zero-order valence-electron chi connectivity index (χ0n) is 51.3. The molecule has 76 heavy (non-hydrogen) atoms. The fourth-order valence-corrected chi connectivity index (χ4v) is 10.3. The monoisotopic (exact) mass is 1070 g/mol. The van der Waals surface area contributed by atoms with Crippen molar-refractivity contribution >= 4 is 17.9 Å². The first-order valence-corrected chi connectivity index (χ1v) is 34.0. The molecule has 0 rings (SSSR count). The van der Waals surface area contributed by atoms with E-state index in [4.69, 9.17) is 14.2 Å². The van der Waals surface area contributed by atoms with Crippen molar-refractivity contribution in [3.05, 3.63) is 36.5 Å². The smallest absolute Gasteiger partial charge is 0.306 e. The average molecular weight is 1070 g/mol. The van der Waals surface area contributed by atoms with E-state index < -0.39 is 6.10 Å². The van der Waals surface area contributed by atoms with Crippen LogP contribution in [-0.2, 0) is 28.6 Å². The van der Waals surface area contributed by atoms with Crippen LogP contribution < -0.4 is 0 Å². The molecule has 1 atom stereocenters. The molecule has 0 N–H and O–H groups in total. The number of carbonyl (C=O) groups is 3. The van der Waals surface area contributed by atoms with Gasteiger partial charge in [-0.3, -0.25) is 14.4 Å². The van der Waals surface area contributed by atoms with Crippen LogP contribution in [0.2, 0.25) is 0 Å². The van der Waals surface area contributed by atoms with Gasteiger partial charge in [0.05, 0.1) is 0 Å². The van der Waals surface area contributed by atoms with E-state index in [-0.39, 0.29) is 31.1 Å². The van der Waals surface area contributed by atoms with Gasteiger partial charge >= 0.3 is 17.9 Å². The van der Waals surface area contributed by atoms with Gasteiger partial charge in [-0.05, 0) is 57.8 Å². The summed E-state index contributed by atoms with van der Waals surface area (Å²) in [5.41, 5.74) is 0. The molecule has 0 radical (unpaired) electrons. The minimum Gasteiger partial charge on any atom is -0.462 e. The van der Waals surface area contributed by atoms with E-state index >= 15 is 0 Å². The molecule has 0 aliphatic carbocycles. The van der Waals surface area contributed by atoms with Gasteiger partial charge in [-0.1, -0.05) is 333 Å². The third-order valence-electron chi connectivity index (χ3n) is 15.4. The van der Waals surface area contributed by atoms with E-state index in [1.54, 1.807) is 0 Å². The summed E-state index contributed by atoms with van der Waals surface area (Å²) in [5.74, 6) is -0.862. The highest BCUT2D eigenvalue weighted by molar-refractivity contribution is 5.71. The Balaban J connectivity index is 4.05. The van der Waals surface area contributed by atoms with Crippen molar-refractivity contribution in [1.29, 1.82) is 0 Å². The predicted octanol–water partition coefficient (Wildman–Crippen LogP) is 23.2. The Morgan fingerprint density at radius 3 is 0.737 bits per heavy atom.